The minimum Gasteiger partial charge on any atom is -0.203 e. The molecule has 0 unspecified atom stereocenters. The zero-order valence-electron chi connectivity index (χ0n) is 6.22. The molecule has 0 spiro atoms. The van der Waals surface area contributed by atoms with Crippen LogP contribution in [-0.2, 0) is 6.18 Å². The molecular weight excluding hydrogens is 294 g/mol. The van der Waals surface area contributed by atoms with Gasteiger partial charge in [-0.05, 0) is 22.0 Å². The Kier molecular flexibility index (Phi) is 3.06. The van der Waals surface area contributed by atoms with Crippen molar-refractivity contribution in [3.63, 3.8) is 0 Å². The van der Waals surface area contributed by atoms with Crippen molar-refractivity contribution >= 4 is 27.5 Å². The van der Waals surface area contributed by atoms with Crippen molar-refractivity contribution in [1.82, 2.24) is 0 Å². The van der Waals surface area contributed by atoms with E-state index in [0.29, 0.717) is 6.07 Å². The average molecular weight is 295 g/mol. The average Bonchev–Trinajstić information content (AvgIpc) is 2.06. The molecule has 0 aliphatic rings. The summed E-state index contributed by atoms with van der Waals surface area (Å²) in [5.41, 5.74) is -1.72. The van der Waals surface area contributed by atoms with Crippen molar-refractivity contribution in [2.24, 2.45) is 0 Å². The third-order valence-corrected chi connectivity index (χ3v) is 2.71. The lowest BCUT2D eigenvalue weighted by Gasteiger charge is -2.10. The van der Waals surface area contributed by atoms with Gasteiger partial charge in [0.2, 0.25) is 0 Å². The van der Waals surface area contributed by atoms with Crippen LogP contribution in [0.4, 0.5) is 22.0 Å². The van der Waals surface area contributed by atoms with Gasteiger partial charge in [-0.15, -0.1) is 0 Å². The molecule has 0 amide bonds. The van der Waals surface area contributed by atoms with Gasteiger partial charge in [-0.2, -0.15) is 13.2 Å². The van der Waals surface area contributed by atoms with Crippen molar-refractivity contribution < 1.29 is 22.0 Å². The summed E-state index contributed by atoms with van der Waals surface area (Å²) in [6, 6.07) is 0.323. The van der Waals surface area contributed by atoms with E-state index in [1.54, 1.807) is 0 Å². The molecule has 0 N–H and O–H groups in total. The van der Waals surface area contributed by atoms with Gasteiger partial charge in [0.15, 0.2) is 11.6 Å². The van der Waals surface area contributed by atoms with Crippen LogP contribution in [0.15, 0.2) is 10.5 Å². The van der Waals surface area contributed by atoms with Crippen LogP contribution in [0.2, 0.25) is 5.02 Å². The van der Waals surface area contributed by atoms with Crippen molar-refractivity contribution in [2.75, 3.05) is 0 Å². The van der Waals surface area contributed by atoms with Crippen LogP contribution in [0.25, 0.3) is 0 Å². The molecule has 0 nitrogen and oxygen atoms in total. The van der Waals surface area contributed by atoms with E-state index in [4.69, 9.17) is 11.6 Å². The molecule has 7 heteroatoms. The molecule has 0 atom stereocenters. The Morgan fingerprint density at radius 1 is 1.14 bits per heavy atom. The molecule has 14 heavy (non-hydrogen) atoms. The first-order valence-electron chi connectivity index (χ1n) is 3.15. The fourth-order valence-electron chi connectivity index (χ4n) is 0.779. The molecule has 1 aromatic rings. The number of hydrogen-bond donors (Lipinski definition) is 0. The SMILES string of the molecule is Fc1c(C(F)(F)F)cc(Cl)c(Br)c1F. The third-order valence-electron chi connectivity index (χ3n) is 1.41. The first-order chi connectivity index (χ1) is 6.25. The zero-order valence-corrected chi connectivity index (χ0v) is 8.57. The molecular formula is C7HBrClF5. The summed E-state index contributed by atoms with van der Waals surface area (Å²) in [5, 5.41) is -0.531. The number of rotatable bonds is 0. The lowest BCUT2D eigenvalue weighted by Crippen LogP contribution is -2.10. The summed E-state index contributed by atoms with van der Waals surface area (Å²) < 4.78 is 61.2. The van der Waals surface area contributed by atoms with Gasteiger partial charge in [0.05, 0.1) is 15.1 Å². The molecule has 0 bridgehead atoms. The van der Waals surface area contributed by atoms with Crippen LogP contribution < -0.4 is 0 Å². The van der Waals surface area contributed by atoms with Gasteiger partial charge in [0, 0.05) is 0 Å². The Morgan fingerprint density at radius 2 is 1.64 bits per heavy atom. The number of benzene rings is 1. The topological polar surface area (TPSA) is 0 Å². The van der Waals surface area contributed by atoms with E-state index < -0.39 is 32.9 Å². The van der Waals surface area contributed by atoms with Crippen LogP contribution in [0.1, 0.15) is 5.56 Å². The first kappa shape index (κ1) is 11.7. The largest absolute Gasteiger partial charge is 0.419 e. The van der Waals surface area contributed by atoms with Gasteiger partial charge < -0.3 is 0 Å². The van der Waals surface area contributed by atoms with E-state index in [9.17, 15) is 22.0 Å². The number of halogens is 7. The highest BCUT2D eigenvalue weighted by molar-refractivity contribution is 9.10. The summed E-state index contributed by atoms with van der Waals surface area (Å²) in [4.78, 5) is 0. The van der Waals surface area contributed by atoms with Crippen LogP contribution in [0.3, 0.4) is 0 Å². The highest BCUT2D eigenvalue weighted by Gasteiger charge is 2.36. The molecule has 0 aliphatic carbocycles. The maximum absolute atomic E-state index is 12.8. The molecule has 1 rings (SSSR count). The zero-order chi connectivity index (χ0) is 11.1. The monoisotopic (exact) mass is 294 g/mol. The molecule has 1 aromatic carbocycles. The predicted octanol–water partition coefficient (Wildman–Crippen LogP) is 4.40. The van der Waals surface area contributed by atoms with Gasteiger partial charge in [-0.25, -0.2) is 8.78 Å². The molecule has 0 fully saturated rings. The van der Waals surface area contributed by atoms with Gasteiger partial charge in [-0.3, -0.25) is 0 Å². The molecule has 0 radical (unpaired) electrons. The summed E-state index contributed by atoms with van der Waals surface area (Å²) in [7, 11) is 0. The maximum Gasteiger partial charge on any atom is 0.419 e. The predicted molar refractivity (Wildman–Crippen MR) is 44.1 cm³/mol. The Morgan fingerprint density at radius 3 is 2.07 bits per heavy atom. The van der Waals surface area contributed by atoms with Crippen LogP contribution in [0.5, 0.6) is 0 Å². The van der Waals surface area contributed by atoms with Crippen molar-refractivity contribution in [3.8, 4) is 0 Å². The molecule has 0 aliphatic heterocycles. The van der Waals surface area contributed by atoms with E-state index >= 15 is 0 Å². The molecule has 0 aromatic heterocycles. The van der Waals surface area contributed by atoms with E-state index in [-0.39, 0.29) is 0 Å². The van der Waals surface area contributed by atoms with Crippen molar-refractivity contribution in [3.05, 3.63) is 32.8 Å². The van der Waals surface area contributed by atoms with Crippen LogP contribution in [0, 0.1) is 11.6 Å². The molecule has 78 valence electrons. The summed E-state index contributed by atoms with van der Waals surface area (Å²) >= 11 is 7.76. The summed E-state index contributed by atoms with van der Waals surface area (Å²) in [6.45, 7) is 0. The van der Waals surface area contributed by atoms with Crippen LogP contribution in [-0.4, -0.2) is 0 Å². The minimum absolute atomic E-state index is 0.323. The molecule has 0 saturated carbocycles. The van der Waals surface area contributed by atoms with Crippen LogP contribution >= 0.6 is 27.5 Å². The first-order valence-corrected chi connectivity index (χ1v) is 4.32. The smallest absolute Gasteiger partial charge is 0.203 e. The van der Waals surface area contributed by atoms with E-state index in [1.165, 1.54) is 0 Å². The van der Waals surface area contributed by atoms with Crippen molar-refractivity contribution in [2.45, 2.75) is 6.18 Å². The second-order valence-electron chi connectivity index (χ2n) is 2.35. The lowest BCUT2D eigenvalue weighted by molar-refractivity contribution is -0.140. The normalized spacial score (nSPS) is 11.9. The quantitative estimate of drug-likeness (QED) is 0.378. The number of alkyl halides is 3. The Labute approximate surface area is 88.8 Å². The van der Waals surface area contributed by atoms with E-state index in [2.05, 4.69) is 15.9 Å². The van der Waals surface area contributed by atoms with Gasteiger partial charge in [-0.1, -0.05) is 11.6 Å². The highest BCUT2D eigenvalue weighted by Crippen LogP contribution is 2.37. The molecule has 0 saturated heterocycles. The third kappa shape index (κ3) is 2.00. The van der Waals surface area contributed by atoms with Gasteiger partial charge >= 0.3 is 6.18 Å². The van der Waals surface area contributed by atoms with E-state index in [0.717, 1.165) is 0 Å². The fraction of sp³-hybridized carbons (Fsp3) is 0.143. The van der Waals surface area contributed by atoms with E-state index in [1.807, 2.05) is 0 Å². The minimum atomic E-state index is -4.96. The Bertz CT molecular complexity index is 373. The Hall–Kier alpha value is -0.360. The maximum atomic E-state index is 12.8. The van der Waals surface area contributed by atoms with Gasteiger partial charge in [0.25, 0.3) is 0 Å². The fourth-order valence-corrected chi connectivity index (χ4v) is 1.26. The highest BCUT2D eigenvalue weighted by atomic mass is 79.9. The van der Waals surface area contributed by atoms with Crippen molar-refractivity contribution in [1.29, 1.82) is 0 Å². The standard InChI is InChI=1S/C7HBrClF5/c8-4-3(9)1-2(7(12,13)14)5(10)6(4)11/h1H. The summed E-state index contributed by atoms with van der Waals surface area (Å²) in [6.07, 6.45) is -4.96. The lowest BCUT2D eigenvalue weighted by atomic mass is 10.2. The second kappa shape index (κ2) is 3.66. The Balaban J connectivity index is 3.49. The van der Waals surface area contributed by atoms with Gasteiger partial charge in [0.1, 0.15) is 0 Å². The second-order valence-corrected chi connectivity index (χ2v) is 3.55. The number of hydrogen-bond acceptors (Lipinski definition) is 0. The summed E-state index contributed by atoms with van der Waals surface area (Å²) in [5.74, 6) is -3.61. The molecule has 0 heterocycles.